The van der Waals surface area contributed by atoms with Gasteiger partial charge >= 0.3 is 0 Å². The summed E-state index contributed by atoms with van der Waals surface area (Å²) in [6.07, 6.45) is 2.32. The monoisotopic (exact) mass is 318 g/mol. The van der Waals surface area contributed by atoms with Crippen LogP contribution in [0.25, 0.3) is 0 Å². The van der Waals surface area contributed by atoms with Gasteiger partial charge in [-0.15, -0.1) is 0 Å². The number of ether oxygens (including phenoxy) is 2. The standard InChI is InChI=1S/C16H15ClN2O3/c17-16-14(6-3-7-18-16)21-10-15(20)19-9-12-8-11-4-1-2-5-13(11)22-12/h1-7,12H,8-10H2,(H,19,20). The molecule has 2 heterocycles. The molecule has 0 saturated carbocycles. The van der Waals surface area contributed by atoms with Crippen molar-refractivity contribution in [2.24, 2.45) is 0 Å². The highest BCUT2D eigenvalue weighted by atomic mass is 35.5. The lowest BCUT2D eigenvalue weighted by atomic mass is 10.1. The van der Waals surface area contributed by atoms with Gasteiger partial charge in [-0.2, -0.15) is 0 Å². The first-order valence-electron chi connectivity index (χ1n) is 6.97. The minimum Gasteiger partial charge on any atom is -0.488 e. The maximum Gasteiger partial charge on any atom is 0.258 e. The molecule has 1 unspecified atom stereocenters. The number of rotatable bonds is 5. The van der Waals surface area contributed by atoms with Gasteiger partial charge in [0.05, 0.1) is 6.54 Å². The van der Waals surface area contributed by atoms with E-state index >= 15 is 0 Å². The van der Waals surface area contributed by atoms with E-state index in [-0.39, 0.29) is 23.8 Å². The number of aromatic nitrogens is 1. The molecular weight excluding hydrogens is 304 g/mol. The molecular formula is C16H15ClN2O3. The first kappa shape index (κ1) is 14.7. The second-order valence-electron chi connectivity index (χ2n) is 4.94. The van der Waals surface area contributed by atoms with E-state index in [2.05, 4.69) is 10.3 Å². The fourth-order valence-corrected chi connectivity index (χ4v) is 2.44. The minimum atomic E-state index is -0.223. The number of carbonyl (C=O) groups is 1. The number of hydrogen-bond donors (Lipinski definition) is 1. The second kappa shape index (κ2) is 6.66. The Balaban J connectivity index is 1.43. The Labute approximate surface area is 133 Å². The van der Waals surface area contributed by atoms with Crippen molar-refractivity contribution in [1.82, 2.24) is 10.3 Å². The molecule has 22 heavy (non-hydrogen) atoms. The molecule has 0 aliphatic carbocycles. The van der Waals surface area contributed by atoms with E-state index in [1.54, 1.807) is 18.3 Å². The van der Waals surface area contributed by atoms with Gasteiger partial charge in [0, 0.05) is 12.6 Å². The number of nitrogens with zero attached hydrogens (tertiary/aromatic N) is 1. The number of amides is 1. The molecule has 0 saturated heterocycles. The first-order chi connectivity index (χ1) is 10.7. The molecule has 1 aliphatic rings. The normalized spacial score (nSPS) is 15.8. The molecule has 1 aromatic heterocycles. The summed E-state index contributed by atoms with van der Waals surface area (Å²) < 4.78 is 11.1. The van der Waals surface area contributed by atoms with Crippen LogP contribution in [0.15, 0.2) is 42.6 Å². The maximum absolute atomic E-state index is 11.8. The zero-order valence-electron chi connectivity index (χ0n) is 11.8. The highest BCUT2D eigenvalue weighted by Crippen LogP contribution is 2.27. The van der Waals surface area contributed by atoms with Crippen LogP contribution in [-0.4, -0.2) is 30.1 Å². The lowest BCUT2D eigenvalue weighted by molar-refractivity contribution is -0.123. The first-order valence-corrected chi connectivity index (χ1v) is 7.35. The molecule has 1 amide bonds. The quantitative estimate of drug-likeness (QED) is 0.859. The largest absolute Gasteiger partial charge is 0.488 e. The predicted molar refractivity (Wildman–Crippen MR) is 82.3 cm³/mol. The average Bonchev–Trinajstić information content (AvgIpc) is 2.95. The zero-order chi connectivity index (χ0) is 15.4. The molecule has 0 fully saturated rings. The van der Waals surface area contributed by atoms with Crippen molar-refractivity contribution in [3.8, 4) is 11.5 Å². The summed E-state index contributed by atoms with van der Waals surface area (Å²) in [5.74, 6) is 1.06. The van der Waals surface area contributed by atoms with Crippen molar-refractivity contribution in [3.63, 3.8) is 0 Å². The number of pyridine rings is 1. The van der Waals surface area contributed by atoms with Crippen molar-refractivity contribution in [3.05, 3.63) is 53.3 Å². The van der Waals surface area contributed by atoms with Crippen LogP contribution in [0.3, 0.4) is 0 Å². The van der Waals surface area contributed by atoms with E-state index in [0.717, 1.165) is 12.2 Å². The SMILES string of the molecule is O=C(COc1cccnc1Cl)NCC1Cc2ccccc2O1. The van der Waals surface area contributed by atoms with Crippen LogP contribution in [0.1, 0.15) is 5.56 Å². The Kier molecular flexibility index (Phi) is 4.44. The van der Waals surface area contributed by atoms with Gasteiger partial charge in [0.1, 0.15) is 11.9 Å². The maximum atomic E-state index is 11.8. The van der Waals surface area contributed by atoms with Crippen LogP contribution in [-0.2, 0) is 11.2 Å². The highest BCUT2D eigenvalue weighted by molar-refractivity contribution is 6.30. The molecule has 0 radical (unpaired) electrons. The summed E-state index contributed by atoms with van der Waals surface area (Å²) in [6, 6.07) is 11.2. The van der Waals surface area contributed by atoms with Gasteiger partial charge in [-0.1, -0.05) is 29.8 Å². The molecule has 1 aromatic carbocycles. The summed E-state index contributed by atoms with van der Waals surface area (Å²) in [5.41, 5.74) is 1.17. The van der Waals surface area contributed by atoms with E-state index < -0.39 is 0 Å². The van der Waals surface area contributed by atoms with Crippen LogP contribution in [0.5, 0.6) is 11.5 Å². The number of halogens is 1. The fraction of sp³-hybridized carbons (Fsp3) is 0.250. The van der Waals surface area contributed by atoms with E-state index in [1.807, 2.05) is 24.3 Å². The molecule has 1 aliphatic heterocycles. The third-order valence-electron chi connectivity index (χ3n) is 3.32. The number of para-hydroxylation sites is 1. The Morgan fingerprint density at radius 1 is 1.36 bits per heavy atom. The van der Waals surface area contributed by atoms with Gasteiger partial charge in [-0.25, -0.2) is 4.98 Å². The van der Waals surface area contributed by atoms with Gasteiger partial charge in [-0.05, 0) is 23.8 Å². The molecule has 0 spiro atoms. The number of nitrogens with one attached hydrogen (secondary N) is 1. The summed E-state index contributed by atoms with van der Waals surface area (Å²) in [4.78, 5) is 15.7. The summed E-state index contributed by atoms with van der Waals surface area (Å²) >= 11 is 5.85. The summed E-state index contributed by atoms with van der Waals surface area (Å²) in [5, 5.41) is 3.04. The molecule has 2 aromatic rings. The van der Waals surface area contributed by atoms with E-state index in [4.69, 9.17) is 21.1 Å². The average molecular weight is 319 g/mol. The number of fused-ring (bicyclic) bond motifs is 1. The van der Waals surface area contributed by atoms with Gasteiger partial charge in [0.15, 0.2) is 17.5 Å². The smallest absolute Gasteiger partial charge is 0.258 e. The Bertz CT molecular complexity index is 653. The molecule has 6 heteroatoms. The van der Waals surface area contributed by atoms with Crippen LogP contribution >= 0.6 is 11.6 Å². The second-order valence-corrected chi connectivity index (χ2v) is 5.29. The van der Waals surface area contributed by atoms with Gasteiger partial charge in [0.25, 0.3) is 5.91 Å². The Morgan fingerprint density at radius 3 is 3.05 bits per heavy atom. The van der Waals surface area contributed by atoms with Crippen molar-refractivity contribution < 1.29 is 14.3 Å². The Hall–Kier alpha value is -2.27. The molecule has 5 nitrogen and oxygen atoms in total. The number of carbonyl (C=O) groups excluding carboxylic acids is 1. The van der Waals surface area contributed by atoms with E-state index in [1.165, 1.54) is 5.56 Å². The van der Waals surface area contributed by atoms with E-state index in [9.17, 15) is 4.79 Å². The van der Waals surface area contributed by atoms with Crippen LogP contribution in [0.4, 0.5) is 0 Å². The molecule has 0 bridgehead atoms. The van der Waals surface area contributed by atoms with Crippen LogP contribution < -0.4 is 14.8 Å². The number of hydrogen-bond acceptors (Lipinski definition) is 4. The van der Waals surface area contributed by atoms with Crippen molar-refractivity contribution >= 4 is 17.5 Å². The van der Waals surface area contributed by atoms with Crippen molar-refractivity contribution in [1.29, 1.82) is 0 Å². The molecule has 1 N–H and O–H groups in total. The number of benzene rings is 1. The topological polar surface area (TPSA) is 60.5 Å². The summed E-state index contributed by atoms with van der Waals surface area (Å²) in [7, 11) is 0. The molecule has 114 valence electrons. The van der Waals surface area contributed by atoms with Crippen LogP contribution in [0.2, 0.25) is 5.15 Å². The zero-order valence-corrected chi connectivity index (χ0v) is 12.5. The fourth-order valence-electron chi connectivity index (χ4n) is 2.27. The van der Waals surface area contributed by atoms with Gasteiger partial charge in [-0.3, -0.25) is 4.79 Å². The van der Waals surface area contributed by atoms with Gasteiger partial charge < -0.3 is 14.8 Å². The predicted octanol–water partition coefficient (Wildman–Crippen LogP) is 2.23. The van der Waals surface area contributed by atoms with Crippen molar-refractivity contribution in [2.75, 3.05) is 13.2 Å². The van der Waals surface area contributed by atoms with Crippen molar-refractivity contribution in [2.45, 2.75) is 12.5 Å². The van der Waals surface area contributed by atoms with Crippen LogP contribution in [0, 0.1) is 0 Å². The lowest BCUT2D eigenvalue weighted by Crippen LogP contribution is -2.37. The molecule has 3 rings (SSSR count). The minimum absolute atomic E-state index is 0.0386. The van der Waals surface area contributed by atoms with Gasteiger partial charge in [0.2, 0.25) is 0 Å². The molecule has 1 atom stereocenters. The third-order valence-corrected chi connectivity index (χ3v) is 3.61. The third kappa shape index (κ3) is 3.49. The highest BCUT2D eigenvalue weighted by Gasteiger charge is 2.22. The van der Waals surface area contributed by atoms with E-state index in [0.29, 0.717) is 12.3 Å². The Morgan fingerprint density at radius 2 is 2.23 bits per heavy atom. The summed E-state index contributed by atoms with van der Waals surface area (Å²) in [6.45, 7) is 0.336. The lowest BCUT2D eigenvalue weighted by Gasteiger charge is -2.12.